The zero-order chi connectivity index (χ0) is 23.4. The number of ether oxygens (including phenoxy) is 1. The van der Waals surface area contributed by atoms with Crippen LogP contribution < -0.4 is 11.1 Å². The molecule has 0 saturated carbocycles. The number of carboxylic acids is 1. The minimum Gasteiger partial charge on any atom is -0.477 e. The largest absolute Gasteiger partial charge is 0.477 e. The summed E-state index contributed by atoms with van der Waals surface area (Å²) >= 11 is 2.32. The second kappa shape index (κ2) is 9.71. The third-order valence-corrected chi connectivity index (χ3v) is 6.26. The highest BCUT2D eigenvalue weighted by molar-refractivity contribution is 8.00. The van der Waals surface area contributed by atoms with Crippen LogP contribution >= 0.6 is 23.1 Å². The normalized spacial score (nSPS) is 19.9. The summed E-state index contributed by atoms with van der Waals surface area (Å²) in [6.07, 6.45) is 2.23. The molecule has 1 aromatic heterocycles. The van der Waals surface area contributed by atoms with Crippen LogP contribution in [0.4, 0.5) is 5.13 Å². The highest BCUT2D eigenvalue weighted by atomic mass is 32.2. The molecule has 12 nitrogen and oxygen atoms in total. The molecule has 0 aliphatic carbocycles. The van der Waals surface area contributed by atoms with E-state index >= 15 is 0 Å². The summed E-state index contributed by atoms with van der Waals surface area (Å²) in [6.45, 7) is 2.47. The van der Waals surface area contributed by atoms with Crippen molar-refractivity contribution in [1.82, 2.24) is 15.2 Å². The van der Waals surface area contributed by atoms with Gasteiger partial charge < -0.3 is 25.7 Å². The Kier molecular flexibility index (Phi) is 7.01. The Morgan fingerprint density at radius 3 is 2.81 bits per heavy atom. The Morgan fingerprint density at radius 1 is 1.47 bits per heavy atom. The van der Waals surface area contributed by atoms with Crippen LogP contribution in [0.15, 0.2) is 21.8 Å². The van der Waals surface area contributed by atoms with Crippen LogP contribution in [0.25, 0.3) is 0 Å². The smallest absolute Gasteiger partial charge is 0.352 e. The van der Waals surface area contributed by atoms with E-state index in [1.54, 1.807) is 0 Å². The Hall–Kier alpha value is -3.57. The van der Waals surface area contributed by atoms with Gasteiger partial charge in [-0.25, -0.2) is 9.78 Å². The number of hydrogen-bond acceptors (Lipinski definition) is 11. The fourth-order valence-corrected chi connectivity index (χ4v) is 4.78. The van der Waals surface area contributed by atoms with Crippen molar-refractivity contribution >= 4 is 57.7 Å². The molecule has 2 aliphatic heterocycles. The monoisotopic (exact) mass is 479 g/mol. The molecular formula is C18H17N5O7S2. The van der Waals surface area contributed by atoms with E-state index in [9.17, 15) is 24.3 Å². The Balaban J connectivity index is 1.79. The third kappa shape index (κ3) is 4.68. The second-order valence-electron chi connectivity index (χ2n) is 6.35. The maximum Gasteiger partial charge on any atom is 0.352 e. The van der Waals surface area contributed by atoms with Gasteiger partial charge in [-0.15, -0.1) is 23.1 Å². The number of oxime groups is 1. The predicted molar refractivity (Wildman–Crippen MR) is 114 cm³/mol. The predicted octanol–water partition coefficient (Wildman–Crippen LogP) is -0.271. The first-order valence-electron chi connectivity index (χ1n) is 8.96. The lowest BCUT2D eigenvalue weighted by atomic mass is 10.0. The molecule has 0 spiro atoms. The van der Waals surface area contributed by atoms with Gasteiger partial charge in [-0.2, -0.15) is 0 Å². The number of nitrogen functional groups attached to an aromatic ring is 1. The fraction of sp³-hybridized carbons (Fsp3) is 0.333. The van der Waals surface area contributed by atoms with Crippen molar-refractivity contribution in [2.24, 2.45) is 5.16 Å². The molecule has 2 aliphatic rings. The van der Waals surface area contributed by atoms with E-state index in [4.69, 9.17) is 15.3 Å². The maximum absolute atomic E-state index is 12.8. The number of hydrogen-bond donors (Lipinski definition) is 3. The molecule has 2 amide bonds. The van der Waals surface area contributed by atoms with Crippen molar-refractivity contribution in [3.05, 3.63) is 22.3 Å². The molecule has 1 saturated heterocycles. The minimum absolute atomic E-state index is 0.137. The first kappa shape index (κ1) is 23.1. The average molecular weight is 479 g/mol. The number of amides is 2. The first-order valence-corrected chi connectivity index (χ1v) is 10.9. The zero-order valence-corrected chi connectivity index (χ0v) is 18.4. The van der Waals surface area contributed by atoms with E-state index in [0.29, 0.717) is 5.57 Å². The number of nitrogens with two attached hydrogens (primary N) is 1. The highest BCUT2D eigenvalue weighted by Crippen LogP contribution is 2.40. The molecule has 1 unspecified atom stereocenters. The number of β-lactam (4-membered cyclic amide) rings is 1. The number of carbonyl (C=O) groups is 4. The van der Waals surface area contributed by atoms with Crippen LogP contribution in [0.1, 0.15) is 19.5 Å². The van der Waals surface area contributed by atoms with Crippen molar-refractivity contribution in [2.45, 2.75) is 25.3 Å². The van der Waals surface area contributed by atoms with E-state index < -0.39 is 35.2 Å². The van der Waals surface area contributed by atoms with Gasteiger partial charge in [0, 0.05) is 30.6 Å². The van der Waals surface area contributed by atoms with Gasteiger partial charge in [0.1, 0.15) is 35.5 Å². The van der Waals surface area contributed by atoms with Crippen molar-refractivity contribution in [1.29, 1.82) is 0 Å². The van der Waals surface area contributed by atoms with Crippen LogP contribution in [0.5, 0.6) is 0 Å². The van der Waals surface area contributed by atoms with Crippen molar-refractivity contribution in [2.75, 3.05) is 18.1 Å². The van der Waals surface area contributed by atoms with Crippen LogP contribution in [-0.2, 0) is 28.8 Å². The number of carbonyl (C=O) groups excluding carboxylic acids is 3. The van der Waals surface area contributed by atoms with Gasteiger partial charge in [-0.05, 0) is 0 Å². The Bertz CT molecular complexity index is 1100. The number of carboxylic acid groups (broad SMARTS) is 1. The van der Waals surface area contributed by atoms with E-state index in [2.05, 4.69) is 27.5 Å². The molecule has 1 aromatic rings. The highest BCUT2D eigenvalue weighted by Gasteiger charge is 2.54. The van der Waals surface area contributed by atoms with E-state index in [0.717, 1.165) is 16.2 Å². The molecule has 168 valence electrons. The molecule has 14 heteroatoms. The van der Waals surface area contributed by atoms with Gasteiger partial charge in [0.15, 0.2) is 10.8 Å². The number of anilines is 1. The molecule has 3 heterocycles. The summed E-state index contributed by atoms with van der Waals surface area (Å²) < 4.78 is 4.89. The standard InChI is InChI=1S/C18H17N5O7S2/c1-3-4-30-22-11(10-7-32-18(19)20-10)14(25)21-12-15(26)23-13(17(27)28)9(5-29-8(2)24)6-31-16(12)23/h7,12,16H,5-6H2,1-2H3,(H2,19,20)(H,21,25)(H,27,28)/t12?,16-/m1/s1. The van der Waals surface area contributed by atoms with Gasteiger partial charge in [0.05, 0.1) is 0 Å². The van der Waals surface area contributed by atoms with Crippen molar-refractivity contribution in [3.8, 4) is 12.0 Å². The number of nitrogens with zero attached hydrogens (tertiary/aromatic N) is 3. The summed E-state index contributed by atoms with van der Waals surface area (Å²) in [6, 6.07) is -1.00. The number of fused-ring (bicyclic) bond motifs is 1. The zero-order valence-electron chi connectivity index (χ0n) is 16.8. The van der Waals surface area contributed by atoms with E-state index in [1.807, 2.05) is 0 Å². The number of nitrogens with one attached hydrogen (secondary N) is 1. The molecular weight excluding hydrogens is 462 g/mol. The topological polar surface area (TPSA) is 174 Å². The van der Waals surface area contributed by atoms with Crippen LogP contribution in [0, 0.1) is 12.0 Å². The lowest BCUT2D eigenvalue weighted by Crippen LogP contribution is -2.71. The molecule has 2 atom stereocenters. The summed E-state index contributed by atoms with van der Waals surface area (Å²) in [4.78, 5) is 58.2. The number of aliphatic carboxylic acids is 1. The number of esters is 1. The van der Waals surface area contributed by atoms with Gasteiger partial charge >= 0.3 is 11.9 Å². The fourth-order valence-electron chi connectivity index (χ4n) is 2.91. The number of rotatable bonds is 7. The molecule has 1 fully saturated rings. The van der Waals surface area contributed by atoms with Crippen molar-refractivity contribution < 1.29 is 33.9 Å². The lowest BCUT2D eigenvalue weighted by Gasteiger charge is -2.49. The van der Waals surface area contributed by atoms with E-state index in [1.165, 1.54) is 31.0 Å². The van der Waals surface area contributed by atoms with Crippen molar-refractivity contribution in [3.63, 3.8) is 0 Å². The van der Waals surface area contributed by atoms with E-state index in [-0.39, 0.29) is 34.6 Å². The Morgan fingerprint density at radius 2 is 2.22 bits per heavy atom. The van der Waals surface area contributed by atoms with Crippen LogP contribution in [0.2, 0.25) is 0 Å². The first-order chi connectivity index (χ1) is 15.2. The maximum atomic E-state index is 12.8. The number of thioether (sulfide) groups is 1. The lowest BCUT2D eigenvalue weighted by molar-refractivity contribution is -0.150. The summed E-state index contributed by atoms with van der Waals surface area (Å²) in [5.74, 6) is -0.636. The van der Waals surface area contributed by atoms with Crippen LogP contribution in [-0.4, -0.2) is 68.2 Å². The Labute approximate surface area is 189 Å². The van der Waals surface area contributed by atoms with Gasteiger partial charge in [-0.1, -0.05) is 11.1 Å². The van der Waals surface area contributed by atoms with Gasteiger partial charge in [-0.3, -0.25) is 19.3 Å². The van der Waals surface area contributed by atoms with Gasteiger partial charge in [0.25, 0.3) is 11.8 Å². The summed E-state index contributed by atoms with van der Waals surface area (Å²) in [5.41, 5.74) is 5.55. The second-order valence-corrected chi connectivity index (χ2v) is 8.35. The summed E-state index contributed by atoms with van der Waals surface area (Å²) in [7, 11) is 0. The molecule has 3 rings (SSSR count). The quantitative estimate of drug-likeness (QED) is 0.155. The average Bonchev–Trinajstić information content (AvgIpc) is 3.18. The molecule has 4 N–H and O–H groups in total. The molecule has 0 radical (unpaired) electrons. The molecule has 0 bridgehead atoms. The van der Waals surface area contributed by atoms with Crippen LogP contribution in [0.3, 0.4) is 0 Å². The third-order valence-electron chi connectivity index (χ3n) is 4.25. The minimum atomic E-state index is -1.33. The molecule has 32 heavy (non-hydrogen) atoms. The number of thiazole rings is 1. The summed E-state index contributed by atoms with van der Waals surface area (Å²) in [5, 5.41) is 16.8. The van der Waals surface area contributed by atoms with Gasteiger partial charge in [0.2, 0.25) is 0 Å². The number of aromatic nitrogens is 1. The SMILES string of the molecule is CC#CON=C(C(=O)NC1C(=O)N2C(C(=O)O)=C(COC(C)=O)CS[C@H]12)c1csc(N)n1. The molecule has 0 aromatic carbocycles.